The summed E-state index contributed by atoms with van der Waals surface area (Å²) in [5.41, 5.74) is 2.41. The lowest BCUT2D eigenvalue weighted by molar-refractivity contribution is 0.291. The highest BCUT2D eigenvalue weighted by Gasteiger charge is 2.15. The van der Waals surface area contributed by atoms with E-state index in [1.807, 2.05) is 11.8 Å². The molecule has 0 radical (unpaired) electrons. The Morgan fingerprint density at radius 2 is 2.14 bits per heavy atom. The van der Waals surface area contributed by atoms with Crippen molar-refractivity contribution < 1.29 is 4.74 Å². The Morgan fingerprint density at radius 1 is 1.38 bits per heavy atom. The van der Waals surface area contributed by atoms with Gasteiger partial charge in [-0.3, -0.25) is 5.43 Å². The Kier molecular flexibility index (Phi) is 7.18. The summed E-state index contributed by atoms with van der Waals surface area (Å²) < 4.78 is 5.45. The summed E-state index contributed by atoms with van der Waals surface area (Å²) in [4.78, 5) is 14.5. The van der Waals surface area contributed by atoms with Crippen molar-refractivity contribution in [3.8, 4) is 12.1 Å². The van der Waals surface area contributed by atoms with E-state index < -0.39 is 0 Å². The van der Waals surface area contributed by atoms with E-state index in [1.54, 1.807) is 0 Å². The van der Waals surface area contributed by atoms with Crippen LogP contribution in [0, 0.1) is 17.2 Å². The van der Waals surface area contributed by atoms with Crippen LogP contribution in [-0.4, -0.2) is 34.6 Å². The Morgan fingerprint density at radius 3 is 2.71 bits per heavy atom. The third-order valence-electron chi connectivity index (χ3n) is 2.53. The van der Waals surface area contributed by atoms with Gasteiger partial charge in [0.15, 0.2) is 0 Å². The average Bonchev–Trinajstić information content (AvgIpc) is 2.48. The van der Waals surface area contributed by atoms with Crippen LogP contribution in [0.2, 0.25) is 0 Å². The maximum absolute atomic E-state index is 8.78. The van der Waals surface area contributed by atoms with Crippen molar-refractivity contribution in [1.82, 2.24) is 15.0 Å². The zero-order valence-corrected chi connectivity index (χ0v) is 12.8. The van der Waals surface area contributed by atoms with Gasteiger partial charge in [0.2, 0.25) is 11.9 Å². The molecule has 8 heteroatoms. The molecule has 0 bridgehead atoms. The maximum atomic E-state index is 8.78. The fraction of sp³-hybridized carbons (Fsp3) is 0.692. The normalized spacial score (nSPS) is 10.3. The molecule has 0 unspecified atom stereocenters. The molecule has 0 atom stereocenters. The summed E-state index contributed by atoms with van der Waals surface area (Å²) in [6.45, 7) is 8.01. The van der Waals surface area contributed by atoms with E-state index in [9.17, 15) is 0 Å². The quantitative estimate of drug-likeness (QED) is 0.517. The molecule has 21 heavy (non-hydrogen) atoms. The second-order valence-electron chi connectivity index (χ2n) is 4.98. The smallest absolute Gasteiger partial charge is 0.323 e. The van der Waals surface area contributed by atoms with Gasteiger partial charge in [-0.2, -0.15) is 20.2 Å². The number of hydrogen-bond donors (Lipinski definition) is 2. The van der Waals surface area contributed by atoms with Crippen molar-refractivity contribution in [3.05, 3.63) is 0 Å². The third kappa shape index (κ3) is 5.79. The second kappa shape index (κ2) is 8.92. The monoisotopic (exact) mass is 293 g/mol. The van der Waals surface area contributed by atoms with Crippen molar-refractivity contribution in [2.45, 2.75) is 33.6 Å². The predicted octanol–water partition coefficient (Wildman–Crippen LogP) is 1.32. The van der Waals surface area contributed by atoms with Gasteiger partial charge >= 0.3 is 6.01 Å². The van der Waals surface area contributed by atoms with Gasteiger partial charge < -0.3 is 9.64 Å². The van der Waals surface area contributed by atoms with Crippen molar-refractivity contribution in [2.75, 3.05) is 30.0 Å². The standard InChI is InChI=1S/C13H23N7O/c1-4-8-21-13-17-11(19-15)16-12(18-13)20(7-5-6-14)9-10(2)3/h10H,4-5,7-9,15H2,1-3H3,(H,16,17,18,19). The number of nitrogen functional groups attached to an aromatic ring is 1. The predicted molar refractivity (Wildman–Crippen MR) is 80.7 cm³/mol. The third-order valence-corrected chi connectivity index (χ3v) is 2.53. The number of aromatic nitrogens is 3. The number of anilines is 2. The second-order valence-corrected chi connectivity index (χ2v) is 4.98. The molecule has 0 spiro atoms. The molecule has 1 rings (SSSR count). The van der Waals surface area contributed by atoms with E-state index in [0.717, 1.165) is 13.0 Å². The summed E-state index contributed by atoms with van der Waals surface area (Å²) in [6, 6.07) is 2.37. The highest BCUT2D eigenvalue weighted by Crippen LogP contribution is 2.16. The molecule has 0 saturated heterocycles. The number of nitriles is 1. The van der Waals surface area contributed by atoms with Crippen LogP contribution in [0.25, 0.3) is 0 Å². The number of hydrazine groups is 1. The lowest BCUT2D eigenvalue weighted by Gasteiger charge is -2.23. The van der Waals surface area contributed by atoms with Crippen LogP contribution in [0.1, 0.15) is 33.6 Å². The molecule has 0 fully saturated rings. The van der Waals surface area contributed by atoms with Gasteiger partial charge in [0.05, 0.1) is 19.1 Å². The van der Waals surface area contributed by atoms with Crippen molar-refractivity contribution in [3.63, 3.8) is 0 Å². The molecule has 3 N–H and O–H groups in total. The molecule has 1 aromatic heterocycles. The largest absolute Gasteiger partial charge is 0.463 e. The number of ether oxygens (including phenoxy) is 1. The first-order chi connectivity index (χ1) is 10.1. The van der Waals surface area contributed by atoms with Crippen LogP contribution in [0.3, 0.4) is 0 Å². The SMILES string of the molecule is CCCOc1nc(NN)nc(N(CCC#N)CC(C)C)n1. The van der Waals surface area contributed by atoms with Crippen LogP contribution in [-0.2, 0) is 0 Å². The van der Waals surface area contributed by atoms with Gasteiger partial charge in [-0.05, 0) is 12.3 Å². The molecule has 0 amide bonds. The van der Waals surface area contributed by atoms with Gasteiger partial charge in [0.25, 0.3) is 0 Å². The maximum Gasteiger partial charge on any atom is 0.323 e. The number of nitrogens with zero attached hydrogens (tertiary/aromatic N) is 5. The van der Waals surface area contributed by atoms with E-state index in [1.165, 1.54) is 0 Å². The van der Waals surface area contributed by atoms with E-state index in [-0.39, 0.29) is 12.0 Å². The fourth-order valence-corrected chi connectivity index (χ4v) is 1.71. The first-order valence-electron chi connectivity index (χ1n) is 7.08. The van der Waals surface area contributed by atoms with E-state index in [2.05, 4.69) is 40.3 Å². The zero-order valence-electron chi connectivity index (χ0n) is 12.8. The van der Waals surface area contributed by atoms with Crippen LogP contribution < -0.4 is 20.9 Å². The molecule has 1 aromatic rings. The van der Waals surface area contributed by atoms with Gasteiger partial charge in [-0.25, -0.2) is 5.84 Å². The van der Waals surface area contributed by atoms with Crippen LogP contribution in [0.4, 0.5) is 11.9 Å². The Labute approximate surface area is 125 Å². The van der Waals surface area contributed by atoms with Crippen molar-refractivity contribution in [1.29, 1.82) is 5.26 Å². The lowest BCUT2D eigenvalue weighted by Crippen LogP contribution is -2.31. The van der Waals surface area contributed by atoms with Crippen LogP contribution in [0.5, 0.6) is 6.01 Å². The first kappa shape index (κ1) is 16.9. The first-order valence-corrected chi connectivity index (χ1v) is 7.08. The van der Waals surface area contributed by atoms with Gasteiger partial charge in [0.1, 0.15) is 0 Å². The number of rotatable bonds is 9. The lowest BCUT2D eigenvalue weighted by atomic mass is 10.2. The Bertz CT molecular complexity index is 472. The molecular formula is C13H23N7O. The zero-order chi connectivity index (χ0) is 15.7. The van der Waals surface area contributed by atoms with Crippen molar-refractivity contribution >= 4 is 11.9 Å². The molecule has 1 heterocycles. The number of nitrogens with two attached hydrogens (primary N) is 1. The molecule has 116 valence electrons. The van der Waals surface area contributed by atoms with E-state index in [4.69, 9.17) is 15.8 Å². The minimum Gasteiger partial charge on any atom is -0.463 e. The van der Waals surface area contributed by atoms with Crippen LogP contribution in [0.15, 0.2) is 0 Å². The summed E-state index contributed by atoms with van der Waals surface area (Å²) in [6.07, 6.45) is 1.26. The molecule has 0 saturated carbocycles. The molecule has 0 aliphatic rings. The van der Waals surface area contributed by atoms with E-state index in [0.29, 0.717) is 31.4 Å². The molecule has 0 aliphatic carbocycles. The van der Waals surface area contributed by atoms with Crippen LogP contribution >= 0.6 is 0 Å². The summed E-state index contributed by atoms with van der Waals surface area (Å²) in [7, 11) is 0. The molecule has 0 aromatic carbocycles. The van der Waals surface area contributed by atoms with Gasteiger partial charge in [-0.1, -0.05) is 20.8 Å². The highest BCUT2D eigenvalue weighted by atomic mass is 16.5. The van der Waals surface area contributed by atoms with Crippen molar-refractivity contribution in [2.24, 2.45) is 11.8 Å². The van der Waals surface area contributed by atoms with Gasteiger partial charge in [-0.15, -0.1) is 0 Å². The Hall–Kier alpha value is -2.14. The topological polar surface area (TPSA) is 113 Å². The molecule has 8 nitrogen and oxygen atoms in total. The summed E-state index contributed by atoms with van der Waals surface area (Å²) >= 11 is 0. The average molecular weight is 293 g/mol. The minimum atomic E-state index is 0.237. The minimum absolute atomic E-state index is 0.237. The summed E-state index contributed by atoms with van der Waals surface area (Å²) in [5.74, 6) is 6.51. The van der Waals surface area contributed by atoms with E-state index >= 15 is 0 Å². The van der Waals surface area contributed by atoms with Gasteiger partial charge in [0, 0.05) is 13.1 Å². The number of nitrogens with one attached hydrogen (secondary N) is 1. The Balaban J connectivity index is 3.00. The molecular weight excluding hydrogens is 270 g/mol. The highest BCUT2D eigenvalue weighted by molar-refractivity contribution is 5.37. The fourth-order valence-electron chi connectivity index (χ4n) is 1.71. The number of hydrogen-bond acceptors (Lipinski definition) is 8. The summed E-state index contributed by atoms with van der Waals surface area (Å²) in [5, 5.41) is 8.78. The molecule has 0 aliphatic heterocycles.